The van der Waals surface area contributed by atoms with Gasteiger partial charge in [-0.1, -0.05) is 48.5 Å². The summed E-state index contributed by atoms with van der Waals surface area (Å²) in [5, 5.41) is 0. The van der Waals surface area contributed by atoms with E-state index in [-0.39, 0.29) is 18.0 Å². The number of para-hydroxylation sites is 1. The molecule has 3 N–H and O–H groups in total. The summed E-state index contributed by atoms with van der Waals surface area (Å²) in [5.41, 5.74) is 8.12. The van der Waals surface area contributed by atoms with Crippen LogP contribution in [-0.2, 0) is 10.0 Å². The predicted molar refractivity (Wildman–Crippen MR) is 103 cm³/mol. The van der Waals surface area contributed by atoms with Crippen LogP contribution < -0.4 is 15.2 Å². The second kappa shape index (κ2) is 8.03. The number of nitrogens with two attached hydrogens (primary N) is 1. The zero-order valence-corrected chi connectivity index (χ0v) is 14.9. The van der Waals surface area contributed by atoms with E-state index in [0.717, 1.165) is 11.1 Å². The Bertz CT molecular complexity index is 956. The lowest BCUT2D eigenvalue weighted by atomic mass is 10.1. The van der Waals surface area contributed by atoms with E-state index < -0.39 is 10.0 Å². The van der Waals surface area contributed by atoms with Gasteiger partial charge in [-0.15, -0.1) is 0 Å². The van der Waals surface area contributed by atoms with E-state index in [1.165, 1.54) is 12.1 Å². The van der Waals surface area contributed by atoms with E-state index in [4.69, 9.17) is 10.5 Å². The third-order valence-electron chi connectivity index (χ3n) is 3.81. The number of rotatable bonds is 7. The fourth-order valence-corrected chi connectivity index (χ4v) is 3.53. The van der Waals surface area contributed by atoms with Crippen molar-refractivity contribution in [3.63, 3.8) is 0 Å². The van der Waals surface area contributed by atoms with Crippen molar-refractivity contribution in [2.24, 2.45) is 0 Å². The van der Waals surface area contributed by atoms with E-state index in [1.54, 1.807) is 12.1 Å². The van der Waals surface area contributed by atoms with Gasteiger partial charge < -0.3 is 10.5 Å². The molecule has 5 nitrogen and oxygen atoms in total. The number of nitrogen functional groups attached to an aromatic ring is 1. The van der Waals surface area contributed by atoms with Crippen molar-refractivity contribution in [2.75, 3.05) is 18.9 Å². The van der Waals surface area contributed by atoms with Crippen molar-refractivity contribution in [3.8, 4) is 16.9 Å². The molecule has 0 aromatic heterocycles. The minimum Gasteiger partial charge on any atom is -0.492 e. The van der Waals surface area contributed by atoms with Gasteiger partial charge in [-0.25, -0.2) is 13.1 Å². The molecular weight excluding hydrogens is 348 g/mol. The lowest BCUT2D eigenvalue weighted by Crippen LogP contribution is -2.28. The van der Waals surface area contributed by atoms with E-state index in [9.17, 15) is 8.42 Å². The van der Waals surface area contributed by atoms with Crippen LogP contribution >= 0.6 is 0 Å². The Labute approximate surface area is 153 Å². The van der Waals surface area contributed by atoms with Gasteiger partial charge in [0.1, 0.15) is 12.4 Å². The average molecular weight is 368 g/mol. The summed E-state index contributed by atoms with van der Waals surface area (Å²) >= 11 is 0. The van der Waals surface area contributed by atoms with E-state index >= 15 is 0 Å². The highest BCUT2D eigenvalue weighted by Gasteiger charge is 2.13. The zero-order chi connectivity index (χ0) is 18.4. The van der Waals surface area contributed by atoms with Crippen LogP contribution in [0.25, 0.3) is 11.1 Å². The highest BCUT2D eigenvalue weighted by atomic mass is 32.2. The molecule has 26 heavy (non-hydrogen) atoms. The van der Waals surface area contributed by atoms with Crippen molar-refractivity contribution in [2.45, 2.75) is 4.90 Å². The van der Waals surface area contributed by atoms with Crippen molar-refractivity contribution >= 4 is 15.7 Å². The highest BCUT2D eigenvalue weighted by Crippen LogP contribution is 2.29. The maximum absolute atomic E-state index is 12.2. The molecule has 134 valence electrons. The quantitative estimate of drug-likeness (QED) is 0.495. The van der Waals surface area contributed by atoms with Gasteiger partial charge in [0.2, 0.25) is 10.0 Å². The second-order valence-electron chi connectivity index (χ2n) is 5.68. The van der Waals surface area contributed by atoms with E-state index in [2.05, 4.69) is 4.72 Å². The largest absolute Gasteiger partial charge is 0.492 e. The lowest BCUT2D eigenvalue weighted by molar-refractivity contribution is 0.324. The molecule has 3 rings (SSSR count). The van der Waals surface area contributed by atoms with Gasteiger partial charge in [-0.3, -0.25) is 0 Å². The molecule has 0 radical (unpaired) electrons. The Morgan fingerprint density at radius 2 is 1.50 bits per heavy atom. The van der Waals surface area contributed by atoms with Crippen molar-refractivity contribution in [3.05, 3.63) is 78.9 Å². The SMILES string of the molecule is Nc1ccc(S(=O)(=O)NCCOc2ccccc2-c2ccccc2)cc1. The lowest BCUT2D eigenvalue weighted by Gasteiger charge is -2.12. The topological polar surface area (TPSA) is 81.4 Å². The van der Waals surface area contributed by atoms with Crippen LogP contribution in [0, 0.1) is 0 Å². The first-order valence-electron chi connectivity index (χ1n) is 8.19. The molecule has 0 amide bonds. The van der Waals surface area contributed by atoms with Crippen molar-refractivity contribution < 1.29 is 13.2 Å². The standard InChI is InChI=1S/C20H20N2O3S/c21-17-10-12-18(13-11-17)26(23,24)22-14-15-25-20-9-5-4-8-19(20)16-6-2-1-3-7-16/h1-13,22H,14-15,21H2. The van der Waals surface area contributed by atoms with Gasteiger partial charge in [0.15, 0.2) is 0 Å². The average Bonchev–Trinajstić information content (AvgIpc) is 2.67. The summed E-state index contributed by atoms with van der Waals surface area (Å²) in [7, 11) is -3.58. The Kier molecular flexibility index (Phi) is 5.55. The molecular formula is C20H20N2O3S. The Morgan fingerprint density at radius 3 is 2.23 bits per heavy atom. The van der Waals surface area contributed by atoms with Crippen LogP contribution in [-0.4, -0.2) is 21.6 Å². The molecule has 0 unspecified atom stereocenters. The summed E-state index contributed by atoms with van der Waals surface area (Å²) in [5.74, 6) is 0.713. The molecule has 0 atom stereocenters. The number of hydrogen-bond donors (Lipinski definition) is 2. The first kappa shape index (κ1) is 18.0. The number of sulfonamides is 1. The first-order valence-corrected chi connectivity index (χ1v) is 9.67. The summed E-state index contributed by atoms with van der Waals surface area (Å²) < 4.78 is 32.8. The summed E-state index contributed by atoms with van der Waals surface area (Å²) in [6, 6.07) is 23.6. The molecule has 0 bridgehead atoms. The molecule has 0 aliphatic carbocycles. The molecule has 0 fully saturated rings. The number of benzene rings is 3. The van der Waals surface area contributed by atoms with Gasteiger partial charge in [0.25, 0.3) is 0 Å². The molecule has 0 saturated carbocycles. The number of hydrogen-bond acceptors (Lipinski definition) is 4. The highest BCUT2D eigenvalue weighted by molar-refractivity contribution is 7.89. The maximum atomic E-state index is 12.2. The van der Waals surface area contributed by atoms with Gasteiger partial charge in [-0.2, -0.15) is 0 Å². The minimum atomic E-state index is -3.58. The fraction of sp³-hybridized carbons (Fsp3) is 0.100. The number of nitrogens with one attached hydrogen (secondary N) is 1. The fourth-order valence-electron chi connectivity index (χ4n) is 2.52. The summed E-state index contributed by atoms with van der Waals surface area (Å²) in [6.45, 7) is 0.383. The normalized spacial score (nSPS) is 11.2. The molecule has 3 aromatic rings. The molecule has 0 aliphatic rings. The Morgan fingerprint density at radius 1 is 0.846 bits per heavy atom. The van der Waals surface area contributed by atoms with E-state index in [1.807, 2.05) is 54.6 Å². The van der Waals surface area contributed by atoms with Crippen LogP contribution in [0.5, 0.6) is 5.75 Å². The Hall–Kier alpha value is -2.83. The summed E-state index contributed by atoms with van der Waals surface area (Å²) in [4.78, 5) is 0.177. The van der Waals surface area contributed by atoms with E-state index in [0.29, 0.717) is 11.4 Å². The predicted octanol–water partition coefficient (Wildman–Crippen LogP) is 3.29. The van der Waals surface area contributed by atoms with Crippen molar-refractivity contribution in [1.29, 1.82) is 0 Å². The van der Waals surface area contributed by atoms with Crippen LogP contribution in [0.4, 0.5) is 5.69 Å². The smallest absolute Gasteiger partial charge is 0.240 e. The number of ether oxygens (including phenoxy) is 1. The second-order valence-corrected chi connectivity index (χ2v) is 7.44. The summed E-state index contributed by atoms with van der Waals surface area (Å²) in [6.07, 6.45) is 0. The maximum Gasteiger partial charge on any atom is 0.240 e. The molecule has 0 heterocycles. The molecule has 0 saturated heterocycles. The van der Waals surface area contributed by atoms with Crippen LogP contribution in [0.15, 0.2) is 83.8 Å². The first-order chi connectivity index (χ1) is 12.6. The van der Waals surface area contributed by atoms with Crippen LogP contribution in [0.3, 0.4) is 0 Å². The third-order valence-corrected chi connectivity index (χ3v) is 5.29. The van der Waals surface area contributed by atoms with Crippen molar-refractivity contribution in [1.82, 2.24) is 4.72 Å². The minimum absolute atomic E-state index is 0.163. The molecule has 0 spiro atoms. The molecule has 0 aliphatic heterocycles. The number of anilines is 1. The monoisotopic (exact) mass is 368 g/mol. The molecule has 6 heteroatoms. The third kappa shape index (κ3) is 4.41. The zero-order valence-electron chi connectivity index (χ0n) is 14.1. The van der Waals surface area contributed by atoms with Gasteiger partial charge in [-0.05, 0) is 35.9 Å². The van der Waals surface area contributed by atoms with Gasteiger partial charge in [0.05, 0.1) is 4.90 Å². The van der Waals surface area contributed by atoms with Crippen LogP contribution in [0.2, 0.25) is 0 Å². The van der Waals surface area contributed by atoms with Gasteiger partial charge >= 0.3 is 0 Å². The molecule has 3 aromatic carbocycles. The van der Waals surface area contributed by atoms with Crippen LogP contribution in [0.1, 0.15) is 0 Å². The Balaban J connectivity index is 1.62. The van der Waals surface area contributed by atoms with Gasteiger partial charge in [0, 0.05) is 17.8 Å².